The average molecular weight is 455 g/mol. The smallest absolute Gasteiger partial charge is 0.312 e. The molecule has 2 aliphatic heterocycles. The molecule has 1 N–H and O–H groups in total. The highest BCUT2D eigenvalue weighted by Gasteiger charge is 2.41. The van der Waals surface area contributed by atoms with Gasteiger partial charge in [-0.2, -0.15) is 0 Å². The Labute approximate surface area is 184 Å². The topological polar surface area (TPSA) is 127 Å². The number of carbonyl (C=O) groups is 1. The van der Waals surface area contributed by atoms with Crippen molar-refractivity contribution in [2.24, 2.45) is 0 Å². The predicted octanol–water partition coefficient (Wildman–Crippen LogP) is 3.01. The summed E-state index contributed by atoms with van der Waals surface area (Å²) >= 11 is 0. The number of aryl methyl sites for hydroxylation is 1. The summed E-state index contributed by atoms with van der Waals surface area (Å²) in [6.45, 7) is 1.86. The second kappa shape index (κ2) is 7.38. The summed E-state index contributed by atoms with van der Waals surface area (Å²) in [6.07, 6.45) is 4.88. The van der Waals surface area contributed by atoms with Crippen molar-refractivity contribution in [3.63, 3.8) is 0 Å². The summed E-state index contributed by atoms with van der Waals surface area (Å²) < 4.78 is 27.5. The van der Waals surface area contributed by atoms with Crippen LogP contribution in [0.1, 0.15) is 31.2 Å². The van der Waals surface area contributed by atoms with Gasteiger partial charge in [-0.15, -0.1) is 0 Å². The highest BCUT2D eigenvalue weighted by molar-refractivity contribution is 7.90. The van der Waals surface area contributed by atoms with E-state index in [-0.39, 0.29) is 39.8 Å². The molecule has 166 valence electrons. The number of nitro groups is 1. The third-order valence-corrected chi connectivity index (χ3v) is 7.90. The monoisotopic (exact) mass is 455 g/mol. The third-order valence-electron chi connectivity index (χ3n) is 6.22. The first kappa shape index (κ1) is 20.6. The van der Waals surface area contributed by atoms with Gasteiger partial charge in [0.2, 0.25) is 0 Å². The number of carbonyl (C=O) groups excluding carboxylic acids is 1. The molecule has 0 amide bonds. The minimum absolute atomic E-state index is 0.0394. The number of fused-ring (bicyclic) bond motifs is 3. The number of nitrogens with one attached hydrogen (secondary N) is 1. The molecule has 2 aromatic heterocycles. The molecular weight excluding hydrogens is 434 g/mol. The maximum absolute atomic E-state index is 13.2. The lowest BCUT2D eigenvalue weighted by atomic mass is 10.0. The molecule has 0 saturated carbocycles. The lowest BCUT2D eigenvalue weighted by Gasteiger charge is -2.34. The first-order valence-electron chi connectivity index (χ1n) is 10.3. The summed E-state index contributed by atoms with van der Waals surface area (Å²) in [7, 11) is -3.94. The molecule has 2 fully saturated rings. The van der Waals surface area contributed by atoms with Crippen LogP contribution in [0.5, 0.6) is 0 Å². The molecule has 2 saturated heterocycles. The van der Waals surface area contributed by atoms with E-state index in [1.807, 2.05) is 11.9 Å². The zero-order valence-corrected chi connectivity index (χ0v) is 18.1. The van der Waals surface area contributed by atoms with Gasteiger partial charge in [0.25, 0.3) is 10.0 Å². The van der Waals surface area contributed by atoms with E-state index in [0.717, 1.165) is 28.6 Å². The van der Waals surface area contributed by atoms with Crippen molar-refractivity contribution in [1.82, 2.24) is 14.0 Å². The average Bonchev–Trinajstić information content (AvgIpc) is 3.28. The van der Waals surface area contributed by atoms with Gasteiger partial charge in [-0.1, -0.05) is 17.7 Å². The fourth-order valence-electron chi connectivity index (χ4n) is 4.61. The number of hydrogen-bond donors (Lipinski definition) is 1. The van der Waals surface area contributed by atoms with E-state index in [0.29, 0.717) is 18.2 Å². The van der Waals surface area contributed by atoms with Crippen molar-refractivity contribution in [3.05, 3.63) is 58.4 Å². The van der Waals surface area contributed by atoms with Crippen LogP contribution in [-0.2, 0) is 14.8 Å². The van der Waals surface area contributed by atoms with E-state index in [9.17, 15) is 23.3 Å². The molecule has 32 heavy (non-hydrogen) atoms. The number of pyridine rings is 1. The van der Waals surface area contributed by atoms with Crippen LogP contribution in [0.2, 0.25) is 0 Å². The Kier molecular flexibility index (Phi) is 4.75. The Hall–Kier alpha value is -3.31. The van der Waals surface area contributed by atoms with Crippen molar-refractivity contribution in [2.75, 3.05) is 5.43 Å². The Morgan fingerprint density at radius 3 is 2.41 bits per heavy atom. The summed E-state index contributed by atoms with van der Waals surface area (Å²) in [5.41, 5.74) is 4.12. The van der Waals surface area contributed by atoms with Crippen LogP contribution in [0.3, 0.4) is 0 Å². The molecule has 5 rings (SSSR count). The second-order valence-electron chi connectivity index (χ2n) is 8.29. The number of ketones is 1. The number of nitrogens with zero attached hydrogens (tertiary/aromatic N) is 4. The Morgan fingerprint density at radius 1 is 1.12 bits per heavy atom. The zero-order chi connectivity index (χ0) is 22.6. The molecule has 0 radical (unpaired) electrons. The maximum atomic E-state index is 13.2. The molecule has 2 unspecified atom stereocenters. The number of benzene rings is 1. The molecule has 2 aliphatic rings. The lowest BCUT2D eigenvalue weighted by Crippen LogP contribution is -2.46. The molecule has 2 bridgehead atoms. The Morgan fingerprint density at radius 2 is 1.78 bits per heavy atom. The van der Waals surface area contributed by atoms with Gasteiger partial charge in [-0.05, 0) is 38.0 Å². The van der Waals surface area contributed by atoms with Gasteiger partial charge in [0.05, 0.1) is 15.2 Å². The van der Waals surface area contributed by atoms with Crippen LogP contribution in [0.25, 0.3) is 11.0 Å². The fraction of sp³-hybridized carbons (Fsp3) is 0.333. The minimum atomic E-state index is -3.94. The number of Topliss-reactive ketones (excluding diaryl/α,β-unsaturated/α-hetero) is 1. The van der Waals surface area contributed by atoms with E-state index in [1.54, 1.807) is 12.1 Å². The van der Waals surface area contributed by atoms with Crippen molar-refractivity contribution in [1.29, 1.82) is 0 Å². The van der Waals surface area contributed by atoms with E-state index in [4.69, 9.17) is 0 Å². The highest BCUT2D eigenvalue weighted by Crippen LogP contribution is 2.39. The van der Waals surface area contributed by atoms with E-state index >= 15 is 0 Å². The molecule has 4 heterocycles. The van der Waals surface area contributed by atoms with Crippen LogP contribution in [0, 0.1) is 17.0 Å². The van der Waals surface area contributed by atoms with E-state index in [2.05, 4.69) is 10.4 Å². The van der Waals surface area contributed by atoms with Gasteiger partial charge in [-0.3, -0.25) is 14.9 Å². The highest BCUT2D eigenvalue weighted by atomic mass is 32.2. The molecule has 3 aromatic rings. The van der Waals surface area contributed by atoms with Crippen molar-refractivity contribution < 1.29 is 18.1 Å². The van der Waals surface area contributed by atoms with Crippen LogP contribution >= 0.6 is 0 Å². The van der Waals surface area contributed by atoms with Crippen molar-refractivity contribution >= 4 is 38.2 Å². The molecule has 1 aromatic carbocycles. The maximum Gasteiger partial charge on any atom is 0.312 e. The molecule has 2 atom stereocenters. The van der Waals surface area contributed by atoms with Crippen molar-refractivity contribution in [2.45, 2.75) is 49.6 Å². The van der Waals surface area contributed by atoms with Gasteiger partial charge < -0.3 is 5.43 Å². The third kappa shape index (κ3) is 3.24. The summed E-state index contributed by atoms with van der Waals surface area (Å²) in [5.74, 6) is 0.195. The largest absolute Gasteiger partial charge is 0.312 e. The van der Waals surface area contributed by atoms with E-state index in [1.165, 1.54) is 24.4 Å². The van der Waals surface area contributed by atoms with Gasteiger partial charge in [0, 0.05) is 31.1 Å². The Bertz CT molecular complexity index is 1330. The standard InChI is InChI=1S/C21H21N5O5S/c1-13-2-6-17(7-3-13)32(30,31)24-9-8-18-20(19(26(28)29)12-22-21(18)24)23-25-14-4-5-15(25)11-16(27)10-14/h2-3,6-9,12,14-15H,4-5,10-11H2,1H3,(H,22,23). The number of hydrogen-bond acceptors (Lipinski definition) is 8. The van der Waals surface area contributed by atoms with E-state index < -0.39 is 14.9 Å². The first-order valence-corrected chi connectivity index (χ1v) is 11.7. The van der Waals surface area contributed by atoms with Crippen LogP contribution < -0.4 is 5.43 Å². The van der Waals surface area contributed by atoms with Crippen LogP contribution in [-0.4, -0.2) is 45.2 Å². The number of rotatable bonds is 5. The summed E-state index contributed by atoms with van der Waals surface area (Å²) in [6, 6.07) is 7.88. The number of hydrazine groups is 1. The normalized spacial score (nSPS) is 21.2. The van der Waals surface area contributed by atoms with Crippen molar-refractivity contribution in [3.8, 4) is 0 Å². The quantitative estimate of drug-likeness (QED) is 0.459. The molecular formula is C21H21N5O5S. The van der Waals surface area contributed by atoms with Gasteiger partial charge in [-0.25, -0.2) is 22.4 Å². The molecule has 0 aliphatic carbocycles. The zero-order valence-electron chi connectivity index (χ0n) is 17.3. The molecule has 0 spiro atoms. The SMILES string of the molecule is Cc1ccc(S(=O)(=O)n2ccc3c(NN4C5CCC4CC(=O)C5)c([N+](=O)[O-])cnc32)cc1. The predicted molar refractivity (Wildman–Crippen MR) is 117 cm³/mol. The fourth-order valence-corrected chi connectivity index (χ4v) is 5.91. The minimum Gasteiger partial charge on any atom is -0.312 e. The van der Waals surface area contributed by atoms with Gasteiger partial charge in [0.1, 0.15) is 17.7 Å². The summed E-state index contributed by atoms with van der Waals surface area (Å²) in [4.78, 5) is 27.3. The van der Waals surface area contributed by atoms with Crippen LogP contribution in [0.15, 0.2) is 47.6 Å². The number of aromatic nitrogens is 2. The second-order valence-corrected chi connectivity index (χ2v) is 10.1. The number of piperidine rings is 1. The Balaban J connectivity index is 1.61. The summed E-state index contributed by atoms with van der Waals surface area (Å²) in [5, 5.41) is 14.0. The van der Waals surface area contributed by atoms with Crippen LogP contribution in [0.4, 0.5) is 11.4 Å². The van der Waals surface area contributed by atoms with Gasteiger partial charge in [0.15, 0.2) is 5.65 Å². The first-order chi connectivity index (χ1) is 15.3. The van der Waals surface area contributed by atoms with Gasteiger partial charge >= 0.3 is 5.69 Å². The number of anilines is 1. The lowest BCUT2D eigenvalue weighted by molar-refractivity contribution is -0.384. The molecule has 10 nitrogen and oxygen atoms in total. The molecule has 11 heteroatoms.